The molecule has 2 heteroatoms. The van der Waals surface area contributed by atoms with E-state index in [9.17, 15) is 0 Å². The second-order valence-corrected chi connectivity index (χ2v) is 4.58. The number of halogens is 2. The number of rotatable bonds is 3. The van der Waals surface area contributed by atoms with Crippen LogP contribution in [0.5, 0.6) is 0 Å². The van der Waals surface area contributed by atoms with Crippen molar-refractivity contribution in [3.05, 3.63) is 6.42 Å². The van der Waals surface area contributed by atoms with Gasteiger partial charge < -0.3 is 0 Å². The van der Waals surface area contributed by atoms with Gasteiger partial charge in [0.15, 0.2) is 0 Å². The second-order valence-electron chi connectivity index (χ2n) is 2.47. The molecule has 0 saturated carbocycles. The van der Waals surface area contributed by atoms with E-state index in [2.05, 4.69) is 59.1 Å². The van der Waals surface area contributed by atoms with Crippen molar-refractivity contribution in [2.45, 2.75) is 30.4 Å². The SMILES string of the molecule is C[CH]C(Br)C(Br)C(C)C. The minimum Gasteiger partial charge on any atom is -0.0876 e. The predicted octanol–water partition coefficient (Wildman–Crippen LogP) is 3.39. The summed E-state index contributed by atoms with van der Waals surface area (Å²) >= 11 is 7.13. The molecule has 0 aliphatic carbocycles. The maximum Gasteiger partial charge on any atom is 0.0302 e. The predicted molar refractivity (Wildman–Crippen MR) is 50.2 cm³/mol. The van der Waals surface area contributed by atoms with Crippen LogP contribution in [0.1, 0.15) is 20.8 Å². The van der Waals surface area contributed by atoms with Gasteiger partial charge in [0.2, 0.25) is 0 Å². The third-order valence-corrected chi connectivity index (χ3v) is 4.69. The van der Waals surface area contributed by atoms with E-state index in [4.69, 9.17) is 0 Å². The van der Waals surface area contributed by atoms with Crippen LogP contribution in [0.2, 0.25) is 0 Å². The molecule has 0 N–H and O–H groups in total. The fourth-order valence-electron chi connectivity index (χ4n) is 0.552. The zero-order chi connectivity index (χ0) is 7.44. The summed E-state index contributed by atoms with van der Waals surface area (Å²) < 4.78 is 0. The van der Waals surface area contributed by atoms with Crippen molar-refractivity contribution < 1.29 is 0 Å². The lowest BCUT2D eigenvalue weighted by atomic mass is 10.1. The van der Waals surface area contributed by atoms with E-state index in [-0.39, 0.29) is 0 Å². The molecule has 0 aromatic carbocycles. The van der Waals surface area contributed by atoms with Crippen LogP contribution in [0, 0.1) is 12.3 Å². The molecule has 0 nitrogen and oxygen atoms in total. The van der Waals surface area contributed by atoms with Gasteiger partial charge >= 0.3 is 0 Å². The van der Waals surface area contributed by atoms with Gasteiger partial charge in [-0.05, 0) is 12.3 Å². The molecule has 0 aromatic heterocycles. The van der Waals surface area contributed by atoms with Crippen LogP contribution < -0.4 is 0 Å². The van der Waals surface area contributed by atoms with Gasteiger partial charge in [0.1, 0.15) is 0 Å². The zero-order valence-corrected chi connectivity index (χ0v) is 9.24. The van der Waals surface area contributed by atoms with Crippen LogP contribution in [-0.2, 0) is 0 Å². The van der Waals surface area contributed by atoms with Gasteiger partial charge in [-0.2, -0.15) is 0 Å². The monoisotopic (exact) mass is 255 g/mol. The summed E-state index contributed by atoms with van der Waals surface area (Å²) in [5.41, 5.74) is 0. The smallest absolute Gasteiger partial charge is 0.0302 e. The highest BCUT2D eigenvalue weighted by molar-refractivity contribution is 9.12. The highest BCUT2D eigenvalue weighted by Crippen LogP contribution is 2.23. The Morgan fingerprint density at radius 2 is 1.67 bits per heavy atom. The molecule has 0 bridgehead atoms. The Kier molecular flexibility index (Phi) is 5.23. The molecule has 0 aromatic rings. The molecule has 55 valence electrons. The molecule has 0 spiro atoms. The molecule has 1 radical (unpaired) electrons. The molecular weight excluding hydrogens is 244 g/mol. The largest absolute Gasteiger partial charge is 0.0876 e. The molecule has 9 heavy (non-hydrogen) atoms. The van der Waals surface area contributed by atoms with E-state index in [1.807, 2.05) is 0 Å². The first kappa shape index (κ1) is 9.96. The summed E-state index contributed by atoms with van der Waals surface area (Å²) in [6.45, 7) is 6.48. The van der Waals surface area contributed by atoms with Crippen molar-refractivity contribution in [2.75, 3.05) is 0 Å². The quantitative estimate of drug-likeness (QED) is 0.680. The Morgan fingerprint density at radius 3 is 1.78 bits per heavy atom. The lowest BCUT2D eigenvalue weighted by Gasteiger charge is -2.17. The van der Waals surface area contributed by atoms with E-state index in [1.165, 1.54) is 0 Å². The van der Waals surface area contributed by atoms with Gasteiger partial charge in [-0.15, -0.1) is 0 Å². The average Bonchev–Trinajstić information content (AvgIpc) is 1.84. The van der Waals surface area contributed by atoms with Gasteiger partial charge in [-0.1, -0.05) is 52.6 Å². The van der Waals surface area contributed by atoms with E-state index in [0.717, 1.165) is 0 Å². The summed E-state index contributed by atoms with van der Waals surface area (Å²) in [6.07, 6.45) is 2.15. The van der Waals surface area contributed by atoms with Crippen molar-refractivity contribution in [1.29, 1.82) is 0 Å². The summed E-state index contributed by atoms with van der Waals surface area (Å²) in [7, 11) is 0. The molecule has 0 rings (SSSR count). The molecule has 0 aliphatic rings. The van der Waals surface area contributed by atoms with E-state index in [1.54, 1.807) is 0 Å². The van der Waals surface area contributed by atoms with E-state index in [0.29, 0.717) is 15.6 Å². The number of alkyl halides is 2. The van der Waals surface area contributed by atoms with Gasteiger partial charge in [-0.25, -0.2) is 0 Å². The first-order valence-electron chi connectivity index (χ1n) is 3.17. The van der Waals surface area contributed by atoms with Gasteiger partial charge in [0, 0.05) is 9.65 Å². The first-order chi connectivity index (χ1) is 4.09. The summed E-state index contributed by atoms with van der Waals surface area (Å²) in [5.74, 6) is 0.686. The number of hydrogen-bond acceptors (Lipinski definition) is 0. The summed E-state index contributed by atoms with van der Waals surface area (Å²) in [6, 6.07) is 0. The van der Waals surface area contributed by atoms with E-state index >= 15 is 0 Å². The third-order valence-electron chi connectivity index (χ3n) is 1.26. The molecule has 0 saturated heterocycles. The van der Waals surface area contributed by atoms with E-state index < -0.39 is 0 Å². The lowest BCUT2D eigenvalue weighted by Crippen LogP contribution is -2.19. The Hall–Kier alpha value is 0.960. The van der Waals surface area contributed by atoms with Crippen LogP contribution in [-0.4, -0.2) is 9.65 Å². The zero-order valence-electron chi connectivity index (χ0n) is 6.07. The Labute approximate surface area is 74.7 Å². The summed E-state index contributed by atoms with van der Waals surface area (Å²) in [4.78, 5) is 1.06. The van der Waals surface area contributed by atoms with Crippen molar-refractivity contribution in [2.24, 2.45) is 5.92 Å². The Balaban J connectivity index is 3.58. The molecule has 0 amide bonds. The minimum atomic E-state index is 0.498. The standard InChI is InChI=1S/C7H13Br2/c1-4-6(8)7(9)5(2)3/h4-7H,1-3H3. The van der Waals surface area contributed by atoms with Gasteiger partial charge in [0.25, 0.3) is 0 Å². The third kappa shape index (κ3) is 3.61. The fourth-order valence-corrected chi connectivity index (χ4v) is 1.47. The maximum atomic E-state index is 3.59. The molecule has 0 fully saturated rings. The fraction of sp³-hybridized carbons (Fsp3) is 0.857. The van der Waals surface area contributed by atoms with Crippen LogP contribution in [0.25, 0.3) is 0 Å². The van der Waals surface area contributed by atoms with Crippen molar-refractivity contribution in [1.82, 2.24) is 0 Å². The Bertz CT molecular complexity index is 71.3. The number of hydrogen-bond donors (Lipinski definition) is 0. The van der Waals surface area contributed by atoms with Crippen molar-refractivity contribution in [3.8, 4) is 0 Å². The van der Waals surface area contributed by atoms with Gasteiger partial charge in [0.05, 0.1) is 0 Å². The first-order valence-corrected chi connectivity index (χ1v) is 5.00. The minimum absolute atomic E-state index is 0.498. The molecular formula is C7H13Br2. The topological polar surface area (TPSA) is 0 Å². The highest BCUT2D eigenvalue weighted by atomic mass is 79.9. The maximum absolute atomic E-state index is 3.59. The lowest BCUT2D eigenvalue weighted by molar-refractivity contribution is 0.621. The van der Waals surface area contributed by atoms with Crippen LogP contribution >= 0.6 is 31.9 Å². The summed E-state index contributed by atoms with van der Waals surface area (Å²) in [5, 5.41) is 0. The van der Waals surface area contributed by atoms with Crippen LogP contribution in [0.3, 0.4) is 0 Å². The molecule has 0 aliphatic heterocycles. The van der Waals surface area contributed by atoms with Crippen LogP contribution in [0.4, 0.5) is 0 Å². The molecule has 0 heterocycles. The van der Waals surface area contributed by atoms with Crippen molar-refractivity contribution in [3.63, 3.8) is 0 Å². The van der Waals surface area contributed by atoms with Gasteiger partial charge in [-0.3, -0.25) is 0 Å². The van der Waals surface area contributed by atoms with Crippen LogP contribution in [0.15, 0.2) is 0 Å². The normalized spacial score (nSPS) is 18.0. The molecule has 2 unspecified atom stereocenters. The second kappa shape index (κ2) is 4.73. The molecule has 2 atom stereocenters. The highest BCUT2D eigenvalue weighted by Gasteiger charge is 2.16. The Morgan fingerprint density at radius 1 is 1.22 bits per heavy atom. The van der Waals surface area contributed by atoms with Crippen molar-refractivity contribution >= 4 is 31.9 Å². The average molecular weight is 257 g/mol.